The van der Waals surface area contributed by atoms with Crippen molar-refractivity contribution in [1.82, 2.24) is 0 Å². The molecule has 0 bridgehead atoms. The third kappa shape index (κ3) is 11.2. The van der Waals surface area contributed by atoms with Gasteiger partial charge in [0.05, 0.1) is 16.5 Å². The number of carbonyl (C=O) groups is 3. The molecule has 4 aromatic carbocycles. The number of hydrogen-bond acceptors (Lipinski definition) is 9. The molecule has 1 unspecified atom stereocenters. The van der Waals surface area contributed by atoms with E-state index in [-0.39, 0.29) is 32.7 Å². The second-order valence-electron chi connectivity index (χ2n) is 16.2. The summed E-state index contributed by atoms with van der Waals surface area (Å²) in [4.78, 5) is 39.3. The molecule has 0 aliphatic carbocycles. The van der Waals surface area contributed by atoms with Crippen molar-refractivity contribution in [2.45, 2.75) is 117 Å². The maximum atomic E-state index is 14.9. The molecule has 4 rings (SSSR count). The normalized spacial score (nSPS) is 13.6. The van der Waals surface area contributed by atoms with Gasteiger partial charge in [0.1, 0.15) is 33.0 Å². The van der Waals surface area contributed by atoms with Crippen LogP contribution in [0.2, 0.25) is 0 Å². The van der Waals surface area contributed by atoms with Crippen molar-refractivity contribution in [2.24, 2.45) is 0 Å². The van der Waals surface area contributed by atoms with E-state index in [1.165, 1.54) is 141 Å². The fraction of sp³-hybridized carbons (Fsp3) is 0.357. The minimum atomic E-state index is -6.11. The van der Waals surface area contributed by atoms with Gasteiger partial charge in [-0.1, -0.05) is 36.4 Å². The smallest absolute Gasteiger partial charge is 0.422 e. The lowest BCUT2D eigenvalue weighted by atomic mass is 10.00. The number of hydrogen-bond donors (Lipinski definition) is 1. The molecule has 324 valence electrons. The summed E-state index contributed by atoms with van der Waals surface area (Å²) in [5, 5.41) is 0. The molecule has 0 radical (unpaired) electrons. The third-order valence-corrected chi connectivity index (χ3v) is 11.0. The number of benzene rings is 4. The zero-order valence-electron chi connectivity index (χ0n) is 33.9. The summed E-state index contributed by atoms with van der Waals surface area (Å²) in [6.45, 7) is 13.4. The average Bonchev–Trinajstić information content (AvgIpc) is 3.08. The van der Waals surface area contributed by atoms with Gasteiger partial charge in [-0.25, -0.2) is 14.4 Å². The number of rotatable bonds is 10. The van der Waals surface area contributed by atoms with Gasteiger partial charge < -0.3 is 18.9 Å². The van der Waals surface area contributed by atoms with Crippen LogP contribution in [0.5, 0.6) is 5.75 Å². The minimum absolute atomic E-state index is 0.0560. The molecule has 0 aromatic heterocycles. The molecule has 0 amide bonds. The Morgan fingerprint density at radius 3 is 1.42 bits per heavy atom. The highest BCUT2D eigenvalue weighted by Crippen LogP contribution is 2.48. The Kier molecular flexibility index (Phi) is 13.3. The van der Waals surface area contributed by atoms with Crippen LogP contribution in [0, 0.1) is 0 Å². The van der Waals surface area contributed by atoms with Gasteiger partial charge in [-0.3, -0.25) is 4.55 Å². The van der Waals surface area contributed by atoms with Gasteiger partial charge in [0.15, 0.2) is 14.7 Å². The zero-order valence-corrected chi connectivity index (χ0v) is 35.5. The van der Waals surface area contributed by atoms with Crippen LogP contribution in [0.15, 0.2) is 111 Å². The fourth-order valence-corrected chi connectivity index (χ4v) is 8.85. The summed E-state index contributed by atoms with van der Waals surface area (Å²) in [6.07, 6.45) is -11.3. The number of ether oxygens (including phenoxy) is 4. The van der Waals surface area contributed by atoms with Gasteiger partial charge in [-0.2, -0.15) is 34.8 Å². The summed E-state index contributed by atoms with van der Waals surface area (Å²) >= 11 is 0. The van der Waals surface area contributed by atoms with Crippen molar-refractivity contribution in [1.29, 1.82) is 0 Å². The highest BCUT2D eigenvalue weighted by atomic mass is 32.2. The van der Waals surface area contributed by atoms with Crippen LogP contribution >= 0.6 is 0 Å². The van der Waals surface area contributed by atoms with Gasteiger partial charge in [0, 0.05) is 5.56 Å². The molecule has 1 atom stereocenters. The first-order valence-corrected chi connectivity index (χ1v) is 20.6. The zero-order chi connectivity index (χ0) is 45.4. The SMILES string of the molecule is CC(C)(C)OC(=O)C(Oc1ccccc1-c1ccc([S+](c2ccccc2)c2ccc(C(F)(F)F)c(S(=O)(=O)O)c2C(F)(F)F)cc1)(C(=O)OC(C)(C)C)C(=O)OC(C)(C)C. The fourth-order valence-electron chi connectivity index (χ4n) is 5.60. The van der Waals surface area contributed by atoms with Crippen LogP contribution < -0.4 is 4.74 Å². The minimum Gasteiger partial charge on any atom is -0.456 e. The molecular weight excluding hydrogens is 843 g/mol. The van der Waals surface area contributed by atoms with Crippen LogP contribution in [0.1, 0.15) is 73.4 Å². The Morgan fingerprint density at radius 1 is 0.567 bits per heavy atom. The number of para-hydroxylation sites is 1. The molecule has 10 nitrogen and oxygen atoms in total. The van der Waals surface area contributed by atoms with Gasteiger partial charge in [-0.15, -0.1) is 0 Å². The highest BCUT2D eigenvalue weighted by molar-refractivity contribution is 7.97. The molecule has 0 saturated carbocycles. The quantitative estimate of drug-likeness (QED) is 0.0408. The van der Waals surface area contributed by atoms with E-state index < -0.39 is 94.6 Å². The molecule has 4 aromatic rings. The first kappa shape index (κ1) is 47.6. The Morgan fingerprint density at radius 2 is 1.00 bits per heavy atom. The lowest BCUT2D eigenvalue weighted by Crippen LogP contribution is -2.63. The van der Waals surface area contributed by atoms with Gasteiger partial charge in [0.2, 0.25) is 0 Å². The van der Waals surface area contributed by atoms with Crippen molar-refractivity contribution in [2.75, 3.05) is 0 Å². The van der Waals surface area contributed by atoms with E-state index in [0.717, 1.165) is 0 Å². The Labute approximate surface area is 346 Å². The molecule has 0 heterocycles. The van der Waals surface area contributed by atoms with Crippen molar-refractivity contribution < 1.29 is 72.6 Å². The van der Waals surface area contributed by atoms with Crippen LogP contribution in [0.3, 0.4) is 0 Å². The number of carbonyl (C=O) groups excluding carboxylic acids is 3. The number of halogens is 6. The molecule has 0 aliphatic heterocycles. The van der Waals surface area contributed by atoms with Gasteiger partial charge in [0.25, 0.3) is 10.1 Å². The van der Waals surface area contributed by atoms with E-state index in [1.54, 1.807) is 0 Å². The molecule has 0 aliphatic rings. The van der Waals surface area contributed by atoms with Gasteiger partial charge >= 0.3 is 35.9 Å². The van der Waals surface area contributed by atoms with E-state index in [2.05, 4.69) is 0 Å². The van der Waals surface area contributed by atoms with Crippen molar-refractivity contribution in [3.63, 3.8) is 0 Å². The average molecular weight is 886 g/mol. The third-order valence-electron chi connectivity index (χ3n) is 7.78. The van der Waals surface area contributed by atoms with E-state index in [9.17, 15) is 53.7 Å². The maximum absolute atomic E-state index is 14.9. The van der Waals surface area contributed by atoms with E-state index in [0.29, 0.717) is 6.07 Å². The van der Waals surface area contributed by atoms with Crippen LogP contribution in [-0.4, -0.2) is 53.3 Å². The van der Waals surface area contributed by atoms with Gasteiger partial charge in [-0.05, 0) is 122 Å². The Bertz CT molecular complexity index is 2270. The predicted octanol–water partition coefficient (Wildman–Crippen LogP) is 9.88. The first-order chi connectivity index (χ1) is 27.3. The van der Waals surface area contributed by atoms with Crippen LogP contribution in [-0.2, 0) is 62.0 Å². The molecule has 0 saturated heterocycles. The van der Waals surface area contributed by atoms with Crippen molar-refractivity contribution in [3.05, 3.63) is 102 Å². The van der Waals surface area contributed by atoms with E-state index in [1.807, 2.05) is 0 Å². The molecule has 1 N–H and O–H groups in total. The van der Waals surface area contributed by atoms with Crippen LogP contribution in [0.25, 0.3) is 11.1 Å². The van der Waals surface area contributed by atoms with Crippen molar-refractivity contribution >= 4 is 38.9 Å². The maximum Gasteiger partial charge on any atom is 0.422 e. The topological polar surface area (TPSA) is 142 Å². The summed E-state index contributed by atoms with van der Waals surface area (Å²) in [5.74, 6) is -4.64. The lowest BCUT2D eigenvalue weighted by Gasteiger charge is -2.35. The van der Waals surface area contributed by atoms with Crippen molar-refractivity contribution in [3.8, 4) is 16.9 Å². The molecule has 0 fully saturated rings. The summed E-state index contributed by atoms with van der Waals surface area (Å²) in [6, 6.07) is 19.2. The summed E-state index contributed by atoms with van der Waals surface area (Å²) in [5.41, 5.74) is -11.0. The standard InChI is InChI=1S/C42H42F6O10S2/c1-37(2,3)56-34(49)40(35(50)57-38(4,5)6,36(51)58-39(7,8)9)55-30-18-14-13-17-28(30)25-19-21-27(22-20-25)59(26-15-11-10-12-16-26)31-24-23-29(41(43,44)45)33(60(52,53)54)32(31)42(46,47)48/h10-24H,1-9H3/p+1. The highest BCUT2D eigenvalue weighted by Gasteiger charge is 2.63. The largest absolute Gasteiger partial charge is 0.456 e. The lowest BCUT2D eigenvalue weighted by molar-refractivity contribution is -0.205. The molecule has 18 heteroatoms. The Hall–Kier alpha value is -5.07. The van der Waals surface area contributed by atoms with E-state index >= 15 is 0 Å². The second kappa shape index (κ2) is 16.8. The van der Waals surface area contributed by atoms with E-state index in [4.69, 9.17) is 18.9 Å². The molecule has 60 heavy (non-hydrogen) atoms. The number of alkyl halides is 6. The molecular formula is C42H43F6O10S2+. The second-order valence-corrected chi connectivity index (χ2v) is 19.6. The van der Waals surface area contributed by atoms with Crippen LogP contribution in [0.4, 0.5) is 26.3 Å². The predicted molar refractivity (Wildman–Crippen MR) is 208 cm³/mol. The summed E-state index contributed by atoms with van der Waals surface area (Å²) in [7, 11) is -8.08. The Balaban J connectivity index is 1.98. The molecule has 0 spiro atoms. The monoisotopic (exact) mass is 885 g/mol. The number of esters is 3. The first-order valence-electron chi connectivity index (χ1n) is 17.9. The summed E-state index contributed by atoms with van der Waals surface area (Å²) < 4.78 is 144.